The molecule has 1 N–H and O–H groups in total. The zero-order valence-corrected chi connectivity index (χ0v) is 19.4. The fourth-order valence-corrected chi connectivity index (χ4v) is 3.89. The smallest absolute Gasteiger partial charge is 0.262 e. The number of ether oxygens (including phenoxy) is 1. The third kappa shape index (κ3) is 5.85. The van der Waals surface area contributed by atoms with E-state index in [2.05, 4.69) is 42.0 Å². The van der Waals surface area contributed by atoms with Crippen LogP contribution in [0.2, 0.25) is 0 Å². The largest absolute Gasteiger partial charge is 0.483 e. The van der Waals surface area contributed by atoms with Gasteiger partial charge in [-0.1, -0.05) is 36.7 Å². The van der Waals surface area contributed by atoms with E-state index in [0.29, 0.717) is 17.0 Å². The van der Waals surface area contributed by atoms with Gasteiger partial charge < -0.3 is 15.0 Å². The Labute approximate surface area is 186 Å². The summed E-state index contributed by atoms with van der Waals surface area (Å²) >= 11 is 3.49. The van der Waals surface area contributed by atoms with Crippen LogP contribution in [0.25, 0.3) is 0 Å². The molecule has 6 heteroatoms. The highest BCUT2D eigenvalue weighted by Gasteiger charge is 2.20. The normalized spacial score (nSPS) is 14.3. The molecular weight excluding hydrogens is 444 g/mol. The van der Waals surface area contributed by atoms with Gasteiger partial charge in [-0.05, 0) is 67.1 Å². The molecular formula is C24H29BrN2O3. The summed E-state index contributed by atoms with van der Waals surface area (Å²) in [6, 6.07) is 12.8. The third-order valence-corrected chi connectivity index (χ3v) is 5.66. The van der Waals surface area contributed by atoms with E-state index in [1.165, 1.54) is 6.42 Å². The van der Waals surface area contributed by atoms with Crippen LogP contribution in [0.5, 0.6) is 5.75 Å². The predicted octanol–water partition coefficient (Wildman–Crippen LogP) is 5.39. The molecule has 1 aliphatic heterocycles. The summed E-state index contributed by atoms with van der Waals surface area (Å²) in [4.78, 5) is 26.8. The highest BCUT2D eigenvalue weighted by molar-refractivity contribution is 9.10. The zero-order valence-electron chi connectivity index (χ0n) is 17.8. The average Bonchev–Trinajstić information content (AvgIpc) is 2.73. The Hall–Kier alpha value is -2.34. The lowest BCUT2D eigenvalue weighted by Gasteiger charge is -2.26. The first kappa shape index (κ1) is 22.3. The van der Waals surface area contributed by atoms with E-state index in [0.717, 1.165) is 36.0 Å². The molecule has 5 nitrogen and oxygen atoms in total. The molecule has 2 aromatic rings. The number of rotatable bonds is 5. The van der Waals surface area contributed by atoms with E-state index < -0.39 is 0 Å². The summed E-state index contributed by atoms with van der Waals surface area (Å²) in [7, 11) is 0. The molecule has 0 bridgehead atoms. The molecule has 0 unspecified atom stereocenters. The molecule has 2 amide bonds. The topological polar surface area (TPSA) is 58.6 Å². The number of piperidine rings is 1. The molecule has 0 aromatic heterocycles. The fourth-order valence-electron chi connectivity index (χ4n) is 3.53. The fraction of sp³-hybridized carbons (Fsp3) is 0.417. The van der Waals surface area contributed by atoms with Crippen LogP contribution in [0.4, 0.5) is 5.69 Å². The Balaban J connectivity index is 1.57. The van der Waals surface area contributed by atoms with Gasteiger partial charge in [-0.2, -0.15) is 0 Å². The van der Waals surface area contributed by atoms with Crippen molar-refractivity contribution >= 4 is 33.4 Å². The maximum absolute atomic E-state index is 12.5. The van der Waals surface area contributed by atoms with E-state index in [4.69, 9.17) is 4.74 Å². The predicted molar refractivity (Wildman–Crippen MR) is 123 cm³/mol. The number of amides is 2. The quantitative estimate of drug-likeness (QED) is 0.634. The minimum absolute atomic E-state index is 0.0563. The van der Waals surface area contributed by atoms with Crippen molar-refractivity contribution in [2.45, 2.75) is 45.4 Å². The van der Waals surface area contributed by atoms with Crippen LogP contribution in [-0.4, -0.2) is 36.4 Å². The summed E-state index contributed by atoms with van der Waals surface area (Å²) in [5.74, 6) is 0.511. The first-order valence-corrected chi connectivity index (χ1v) is 11.2. The maximum Gasteiger partial charge on any atom is 0.262 e. The lowest BCUT2D eigenvalue weighted by molar-refractivity contribution is -0.118. The number of nitrogens with zero attached hydrogens (tertiary/aromatic N) is 1. The number of likely N-dealkylation sites (tertiary alicyclic amines) is 1. The number of hydrogen-bond donors (Lipinski definition) is 1. The van der Waals surface area contributed by atoms with Gasteiger partial charge in [0.05, 0.1) is 0 Å². The molecule has 1 heterocycles. The van der Waals surface area contributed by atoms with Crippen LogP contribution in [0.1, 0.15) is 56.0 Å². The molecule has 1 aliphatic rings. The lowest BCUT2D eigenvalue weighted by Crippen LogP contribution is -2.35. The molecule has 3 rings (SSSR count). The Morgan fingerprint density at radius 3 is 2.33 bits per heavy atom. The second-order valence-corrected chi connectivity index (χ2v) is 9.57. The van der Waals surface area contributed by atoms with Crippen LogP contribution in [0.15, 0.2) is 46.9 Å². The van der Waals surface area contributed by atoms with Crippen molar-refractivity contribution in [1.29, 1.82) is 0 Å². The number of halogens is 1. The van der Waals surface area contributed by atoms with Crippen LogP contribution >= 0.6 is 15.9 Å². The monoisotopic (exact) mass is 472 g/mol. The molecule has 30 heavy (non-hydrogen) atoms. The summed E-state index contributed by atoms with van der Waals surface area (Å²) in [6.07, 6.45) is 3.32. The molecule has 2 aromatic carbocycles. The van der Waals surface area contributed by atoms with E-state index in [1.54, 1.807) is 24.3 Å². The molecule has 0 aliphatic carbocycles. The van der Waals surface area contributed by atoms with Gasteiger partial charge >= 0.3 is 0 Å². The minimum atomic E-state index is -0.243. The second-order valence-electron chi connectivity index (χ2n) is 8.66. The molecule has 0 radical (unpaired) electrons. The Bertz CT molecular complexity index is 898. The first-order chi connectivity index (χ1) is 14.2. The number of anilines is 1. The van der Waals surface area contributed by atoms with Crippen LogP contribution in [-0.2, 0) is 10.2 Å². The second kappa shape index (κ2) is 9.65. The van der Waals surface area contributed by atoms with Crippen molar-refractivity contribution < 1.29 is 14.3 Å². The summed E-state index contributed by atoms with van der Waals surface area (Å²) in [6.45, 7) is 7.87. The number of benzene rings is 2. The third-order valence-electron chi connectivity index (χ3n) is 5.17. The first-order valence-electron chi connectivity index (χ1n) is 10.4. The minimum Gasteiger partial charge on any atom is -0.483 e. The van der Waals surface area contributed by atoms with Gasteiger partial charge in [-0.3, -0.25) is 9.59 Å². The van der Waals surface area contributed by atoms with Crippen molar-refractivity contribution in [2.24, 2.45) is 0 Å². The van der Waals surface area contributed by atoms with Gasteiger partial charge in [-0.25, -0.2) is 0 Å². The van der Waals surface area contributed by atoms with Crippen LogP contribution < -0.4 is 10.1 Å². The van der Waals surface area contributed by atoms with Crippen molar-refractivity contribution in [2.75, 3.05) is 25.0 Å². The van der Waals surface area contributed by atoms with Gasteiger partial charge in [0.1, 0.15) is 5.75 Å². The SMILES string of the molecule is CC(C)(C)c1cc(Br)ccc1OCC(=O)Nc1ccc(C(=O)N2CCCCC2)cc1. The van der Waals surface area contributed by atoms with Crippen molar-refractivity contribution in [3.63, 3.8) is 0 Å². The Kier molecular flexibility index (Phi) is 7.19. The Morgan fingerprint density at radius 1 is 1.03 bits per heavy atom. The molecule has 0 saturated carbocycles. The van der Waals surface area contributed by atoms with Crippen molar-refractivity contribution in [1.82, 2.24) is 4.90 Å². The van der Waals surface area contributed by atoms with E-state index in [-0.39, 0.29) is 23.8 Å². The van der Waals surface area contributed by atoms with Crippen molar-refractivity contribution in [3.8, 4) is 5.75 Å². The number of carbonyl (C=O) groups is 2. The lowest BCUT2D eigenvalue weighted by atomic mass is 9.86. The molecule has 0 spiro atoms. The van der Waals surface area contributed by atoms with Crippen molar-refractivity contribution in [3.05, 3.63) is 58.1 Å². The van der Waals surface area contributed by atoms with E-state index in [1.807, 2.05) is 23.1 Å². The molecule has 160 valence electrons. The van der Waals surface area contributed by atoms with Crippen LogP contribution in [0.3, 0.4) is 0 Å². The zero-order chi connectivity index (χ0) is 21.7. The van der Waals surface area contributed by atoms with Gasteiger partial charge in [0.25, 0.3) is 11.8 Å². The number of carbonyl (C=O) groups excluding carboxylic acids is 2. The highest BCUT2D eigenvalue weighted by atomic mass is 79.9. The summed E-state index contributed by atoms with van der Waals surface area (Å²) in [5.41, 5.74) is 2.22. The maximum atomic E-state index is 12.5. The molecule has 1 saturated heterocycles. The van der Waals surface area contributed by atoms with Crippen LogP contribution in [0, 0.1) is 0 Å². The summed E-state index contributed by atoms with van der Waals surface area (Å²) in [5, 5.41) is 2.83. The molecule has 0 atom stereocenters. The van der Waals surface area contributed by atoms with E-state index in [9.17, 15) is 9.59 Å². The van der Waals surface area contributed by atoms with Gasteiger partial charge in [0.15, 0.2) is 6.61 Å². The highest BCUT2D eigenvalue weighted by Crippen LogP contribution is 2.33. The Morgan fingerprint density at radius 2 is 1.70 bits per heavy atom. The number of hydrogen-bond acceptors (Lipinski definition) is 3. The molecule has 1 fully saturated rings. The van der Waals surface area contributed by atoms with Gasteiger partial charge in [0, 0.05) is 34.4 Å². The van der Waals surface area contributed by atoms with E-state index >= 15 is 0 Å². The van der Waals surface area contributed by atoms with Gasteiger partial charge in [-0.15, -0.1) is 0 Å². The number of nitrogens with one attached hydrogen (secondary N) is 1. The summed E-state index contributed by atoms with van der Waals surface area (Å²) < 4.78 is 6.78. The standard InChI is InChI=1S/C24H29BrN2O3/c1-24(2,3)20-15-18(25)9-12-21(20)30-16-22(28)26-19-10-7-17(8-11-19)23(29)27-13-5-4-6-14-27/h7-12,15H,4-6,13-14,16H2,1-3H3,(H,26,28). The van der Waals surface area contributed by atoms with Gasteiger partial charge in [0.2, 0.25) is 0 Å². The average molecular weight is 473 g/mol.